The predicted octanol–water partition coefficient (Wildman–Crippen LogP) is 1.62. The van der Waals surface area contributed by atoms with Crippen LogP contribution < -0.4 is 10.5 Å². The van der Waals surface area contributed by atoms with Gasteiger partial charge in [0.05, 0.1) is 7.11 Å². The number of para-hydroxylation sites is 1. The van der Waals surface area contributed by atoms with E-state index < -0.39 is 0 Å². The fourth-order valence-corrected chi connectivity index (χ4v) is 2.51. The highest BCUT2D eigenvalue weighted by Gasteiger charge is 2.13. The summed E-state index contributed by atoms with van der Waals surface area (Å²) >= 11 is 1.58. The number of aromatic nitrogens is 3. The van der Waals surface area contributed by atoms with Crippen LogP contribution in [0.1, 0.15) is 11.6 Å². The van der Waals surface area contributed by atoms with Crippen LogP contribution in [0, 0.1) is 0 Å². The van der Waals surface area contributed by atoms with Crippen LogP contribution in [-0.2, 0) is 7.05 Å². The van der Waals surface area contributed by atoms with Crippen LogP contribution in [0.15, 0.2) is 35.7 Å². The van der Waals surface area contributed by atoms with Gasteiger partial charge in [-0.15, -0.1) is 0 Å². The lowest BCUT2D eigenvalue weighted by molar-refractivity contribution is 0.407. The molecule has 1 heterocycles. The number of methoxy groups -OCH3 is 1. The molecule has 0 aliphatic heterocycles. The number of hydrogen-bond donors (Lipinski definition) is 1. The number of aryl methyl sites for hydroxylation is 1. The molecule has 0 amide bonds. The van der Waals surface area contributed by atoms with Gasteiger partial charge < -0.3 is 10.5 Å². The minimum Gasteiger partial charge on any atom is -0.496 e. The van der Waals surface area contributed by atoms with Crippen molar-refractivity contribution in [1.29, 1.82) is 0 Å². The summed E-state index contributed by atoms with van der Waals surface area (Å²) in [7, 11) is 3.52. The zero-order valence-electron chi connectivity index (χ0n) is 10.4. The van der Waals surface area contributed by atoms with Crippen molar-refractivity contribution >= 4 is 11.8 Å². The van der Waals surface area contributed by atoms with E-state index in [1.807, 2.05) is 31.3 Å². The van der Waals surface area contributed by atoms with E-state index in [4.69, 9.17) is 10.5 Å². The molecule has 0 aliphatic carbocycles. The molecule has 18 heavy (non-hydrogen) atoms. The molecule has 0 saturated carbocycles. The molecule has 0 fully saturated rings. The molecule has 96 valence electrons. The third-order valence-electron chi connectivity index (χ3n) is 2.60. The van der Waals surface area contributed by atoms with Crippen LogP contribution in [-0.4, -0.2) is 27.6 Å². The molecule has 5 nitrogen and oxygen atoms in total. The second-order valence-electron chi connectivity index (χ2n) is 3.83. The summed E-state index contributed by atoms with van der Waals surface area (Å²) in [4.78, 5) is 4.15. The van der Waals surface area contributed by atoms with Crippen LogP contribution >= 0.6 is 11.8 Å². The van der Waals surface area contributed by atoms with Gasteiger partial charge in [-0.3, -0.25) is 0 Å². The first-order chi connectivity index (χ1) is 8.72. The van der Waals surface area contributed by atoms with Crippen molar-refractivity contribution in [2.75, 3.05) is 12.9 Å². The lowest BCUT2D eigenvalue weighted by Gasteiger charge is -2.14. The number of rotatable bonds is 5. The van der Waals surface area contributed by atoms with Gasteiger partial charge >= 0.3 is 0 Å². The first kappa shape index (κ1) is 12.9. The lowest BCUT2D eigenvalue weighted by Crippen LogP contribution is -2.14. The number of hydrogen-bond acceptors (Lipinski definition) is 5. The highest BCUT2D eigenvalue weighted by Crippen LogP contribution is 2.27. The molecule has 1 aromatic heterocycles. The minimum atomic E-state index is -0.0946. The van der Waals surface area contributed by atoms with E-state index in [0.717, 1.165) is 22.2 Å². The quantitative estimate of drug-likeness (QED) is 0.831. The molecule has 0 spiro atoms. The molecule has 1 unspecified atom stereocenters. The van der Waals surface area contributed by atoms with Gasteiger partial charge in [-0.2, -0.15) is 5.10 Å². The Labute approximate surface area is 110 Å². The van der Waals surface area contributed by atoms with Crippen molar-refractivity contribution in [2.24, 2.45) is 12.8 Å². The molecular weight excluding hydrogens is 248 g/mol. The summed E-state index contributed by atoms with van der Waals surface area (Å²) < 4.78 is 7.04. The smallest absolute Gasteiger partial charge is 0.185 e. The Morgan fingerprint density at radius 2 is 2.22 bits per heavy atom. The number of nitrogens with two attached hydrogens (primary N) is 1. The maximum atomic E-state index is 6.18. The molecule has 0 radical (unpaired) electrons. The standard InChI is InChI=1S/C12H16N4OS/c1-16-12(14-8-15-16)18-7-10(13)9-5-3-4-6-11(9)17-2/h3-6,8,10H,7,13H2,1-2H3. The van der Waals surface area contributed by atoms with Crippen molar-refractivity contribution in [3.63, 3.8) is 0 Å². The van der Waals surface area contributed by atoms with E-state index in [2.05, 4.69) is 10.1 Å². The van der Waals surface area contributed by atoms with E-state index in [0.29, 0.717) is 0 Å². The zero-order valence-corrected chi connectivity index (χ0v) is 11.2. The minimum absolute atomic E-state index is 0.0946. The Morgan fingerprint density at radius 3 is 2.89 bits per heavy atom. The van der Waals surface area contributed by atoms with E-state index in [9.17, 15) is 0 Å². The van der Waals surface area contributed by atoms with E-state index in [1.165, 1.54) is 6.33 Å². The maximum Gasteiger partial charge on any atom is 0.185 e. The fraction of sp³-hybridized carbons (Fsp3) is 0.333. The molecule has 0 bridgehead atoms. The van der Waals surface area contributed by atoms with Crippen LogP contribution in [0.2, 0.25) is 0 Å². The van der Waals surface area contributed by atoms with Gasteiger partial charge in [0.25, 0.3) is 0 Å². The number of benzene rings is 1. The summed E-state index contributed by atoms with van der Waals surface area (Å²) in [6.45, 7) is 0. The summed E-state index contributed by atoms with van der Waals surface area (Å²) in [5.41, 5.74) is 7.19. The summed E-state index contributed by atoms with van der Waals surface area (Å²) in [6.07, 6.45) is 1.54. The van der Waals surface area contributed by atoms with Crippen molar-refractivity contribution in [1.82, 2.24) is 14.8 Å². The first-order valence-corrected chi connectivity index (χ1v) is 6.56. The Morgan fingerprint density at radius 1 is 1.44 bits per heavy atom. The van der Waals surface area contributed by atoms with Gasteiger partial charge in [0, 0.05) is 24.4 Å². The lowest BCUT2D eigenvalue weighted by atomic mass is 10.1. The number of nitrogens with zero attached hydrogens (tertiary/aromatic N) is 3. The SMILES string of the molecule is COc1ccccc1C(N)CSc1ncnn1C. The second-order valence-corrected chi connectivity index (χ2v) is 4.81. The van der Waals surface area contributed by atoms with Gasteiger partial charge in [0.1, 0.15) is 12.1 Å². The normalized spacial score (nSPS) is 12.4. The molecule has 2 rings (SSSR count). The summed E-state index contributed by atoms with van der Waals surface area (Å²) in [6, 6.07) is 7.71. The Balaban J connectivity index is 2.03. The third kappa shape index (κ3) is 2.83. The molecule has 1 aromatic carbocycles. The van der Waals surface area contributed by atoms with Crippen molar-refractivity contribution in [3.05, 3.63) is 36.2 Å². The van der Waals surface area contributed by atoms with Crippen LogP contribution in [0.5, 0.6) is 5.75 Å². The molecule has 2 N–H and O–H groups in total. The summed E-state index contributed by atoms with van der Waals surface area (Å²) in [5, 5.41) is 4.88. The average Bonchev–Trinajstić information content (AvgIpc) is 2.81. The van der Waals surface area contributed by atoms with E-state index >= 15 is 0 Å². The maximum absolute atomic E-state index is 6.18. The number of ether oxygens (including phenoxy) is 1. The topological polar surface area (TPSA) is 66.0 Å². The monoisotopic (exact) mass is 264 g/mol. The predicted molar refractivity (Wildman–Crippen MR) is 71.6 cm³/mol. The van der Waals surface area contributed by atoms with Gasteiger partial charge in [-0.1, -0.05) is 30.0 Å². The summed E-state index contributed by atoms with van der Waals surface area (Å²) in [5.74, 6) is 1.55. The van der Waals surface area contributed by atoms with E-state index in [1.54, 1.807) is 23.6 Å². The zero-order chi connectivity index (χ0) is 13.0. The Hall–Kier alpha value is -1.53. The molecule has 6 heteroatoms. The van der Waals surface area contributed by atoms with Crippen molar-refractivity contribution < 1.29 is 4.74 Å². The second kappa shape index (κ2) is 5.88. The molecule has 1 atom stereocenters. The van der Waals surface area contributed by atoms with Crippen LogP contribution in [0.3, 0.4) is 0 Å². The van der Waals surface area contributed by atoms with E-state index in [-0.39, 0.29) is 6.04 Å². The fourth-order valence-electron chi connectivity index (χ4n) is 1.64. The van der Waals surface area contributed by atoms with Crippen LogP contribution in [0.4, 0.5) is 0 Å². The Kier molecular flexibility index (Phi) is 4.22. The molecule has 0 saturated heterocycles. The Bertz CT molecular complexity index is 514. The average molecular weight is 264 g/mol. The molecule has 2 aromatic rings. The third-order valence-corrected chi connectivity index (χ3v) is 3.75. The van der Waals surface area contributed by atoms with Gasteiger partial charge in [-0.25, -0.2) is 9.67 Å². The highest BCUT2D eigenvalue weighted by atomic mass is 32.2. The largest absolute Gasteiger partial charge is 0.496 e. The molecule has 0 aliphatic rings. The van der Waals surface area contributed by atoms with Crippen molar-refractivity contribution in [3.8, 4) is 5.75 Å². The van der Waals surface area contributed by atoms with Crippen molar-refractivity contribution in [2.45, 2.75) is 11.2 Å². The van der Waals surface area contributed by atoms with Gasteiger partial charge in [0.2, 0.25) is 0 Å². The van der Waals surface area contributed by atoms with Gasteiger partial charge in [0.15, 0.2) is 5.16 Å². The molecular formula is C12H16N4OS. The number of thioether (sulfide) groups is 1. The highest BCUT2D eigenvalue weighted by molar-refractivity contribution is 7.99. The first-order valence-electron chi connectivity index (χ1n) is 5.57. The van der Waals surface area contributed by atoms with Gasteiger partial charge in [-0.05, 0) is 6.07 Å². The van der Waals surface area contributed by atoms with Crippen LogP contribution in [0.25, 0.3) is 0 Å².